The summed E-state index contributed by atoms with van der Waals surface area (Å²) in [7, 11) is 0. The van der Waals surface area contributed by atoms with Gasteiger partial charge in [0.2, 0.25) is 5.88 Å². The third-order valence-corrected chi connectivity index (χ3v) is 2.31. The van der Waals surface area contributed by atoms with Crippen LogP contribution in [0.15, 0.2) is 12.4 Å². The van der Waals surface area contributed by atoms with Gasteiger partial charge in [-0.3, -0.25) is 4.98 Å². The van der Waals surface area contributed by atoms with Gasteiger partial charge in [-0.25, -0.2) is 4.98 Å². The Morgan fingerprint density at radius 3 is 3.20 bits per heavy atom. The highest BCUT2D eigenvalue weighted by Crippen LogP contribution is 2.13. The second-order valence-corrected chi connectivity index (χ2v) is 3.50. The maximum Gasteiger partial charge on any atom is 0.232 e. The van der Waals surface area contributed by atoms with Crippen molar-refractivity contribution in [3.8, 4) is 5.88 Å². The molecule has 1 saturated heterocycles. The van der Waals surface area contributed by atoms with Gasteiger partial charge in [0.15, 0.2) is 0 Å². The molecule has 0 aromatic carbocycles. The lowest BCUT2D eigenvalue weighted by Crippen LogP contribution is -2.17. The van der Waals surface area contributed by atoms with Crippen LogP contribution in [0.5, 0.6) is 5.88 Å². The molecule has 1 aromatic rings. The van der Waals surface area contributed by atoms with Crippen molar-refractivity contribution in [2.45, 2.75) is 25.5 Å². The lowest BCUT2D eigenvalue weighted by atomic mass is 10.2. The SMILES string of the molecule is NCc1cncc(OCC2CCCO2)n1. The molecule has 0 aliphatic carbocycles. The van der Waals surface area contributed by atoms with Crippen LogP contribution in [0, 0.1) is 0 Å². The van der Waals surface area contributed by atoms with Crippen molar-refractivity contribution in [2.75, 3.05) is 13.2 Å². The van der Waals surface area contributed by atoms with E-state index < -0.39 is 0 Å². The van der Waals surface area contributed by atoms with Gasteiger partial charge in [0.05, 0.1) is 18.0 Å². The molecule has 0 amide bonds. The van der Waals surface area contributed by atoms with Gasteiger partial charge in [-0.2, -0.15) is 0 Å². The first-order valence-electron chi connectivity index (χ1n) is 5.14. The summed E-state index contributed by atoms with van der Waals surface area (Å²) in [5.41, 5.74) is 6.19. The van der Waals surface area contributed by atoms with Gasteiger partial charge in [0.1, 0.15) is 6.61 Å². The van der Waals surface area contributed by atoms with Crippen molar-refractivity contribution in [3.63, 3.8) is 0 Å². The van der Waals surface area contributed by atoms with Crippen LogP contribution in [0.2, 0.25) is 0 Å². The van der Waals surface area contributed by atoms with Crippen LogP contribution in [0.4, 0.5) is 0 Å². The van der Waals surface area contributed by atoms with Crippen molar-refractivity contribution in [3.05, 3.63) is 18.1 Å². The quantitative estimate of drug-likeness (QED) is 0.781. The molecule has 2 heterocycles. The van der Waals surface area contributed by atoms with E-state index in [2.05, 4.69) is 9.97 Å². The molecule has 5 nitrogen and oxygen atoms in total. The first-order chi connectivity index (χ1) is 7.38. The van der Waals surface area contributed by atoms with E-state index in [9.17, 15) is 0 Å². The molecular formula is C10H15N3O2. The fourth-order valence-electron chi connectivity index (χ4n) is 1.51. The number of rotatable bonds is 4. The van der Waals surface area contributed by atoms with Crippen molar-refractivity contribution >= 4 is 0 Å². The molecule has 5 heteroatoms. The maximum atomic E-state index is 5.48. The van der Waals surface area contributed by atoms with E-state index >= 15 is 0 Å². The molecule has 0 radical (unpaired) electrons. The van der Waals surface area contributed by atoms with Gasteiger partial charge in [0.25, 0.3) is 0 Å². The Morgan fingerprint density at radius 1 is 1.53 bits per heavy atom. The molecule has 0 saturated carbocycles. The zero-order valence-corrected chi connectivity index (χ0v) is 8.56. The molecule has 1 fully saturated rings. The van der Waals surface area contributed by atoms with Crippen LogP contribution < -0.4 is 10.5 Å². The predicted octanol–water partition coefficient (Wildman–Crippen LogP) is 0.493. The molecule has 0 spiro atoms. The molecular weight excluding hydrogens is 194 g/mol. The molecule has 82 valence electrons. The summed E-state index contributed by atoms with van der Waals surface area (Å²) in [6.07, 6.45) is 5.60. The third-order valence-electron chi connectivity index (χ3n) is 2.31. The summed E-state index contributed by atoms with van der Waals surface area (Å²) in [4.78, 5) is 8.18. The number of nitrogens with zero attached hydrogens (tertiary/aromatic N) is 2. The number of aromatic nitrogens is 2. The Balaban J connectivity index is 1.86. The molecule has 1 atom stereocenters. The smallest absolute Gasteiger partial charge is 0.232 e. The minimum atomic E-state index is 0.202. The molecule has 1 unspecified atom stereocenters. The second kappa shape index (κ2) is 5.04. The maximum absolute atomic E-state index is 5.48. The Labute approximate surface area is 88.6 Å². The summed E-state index contributed by atoms with van der Waals surface area (Å²) in [5, 5.41) is 0. The zero-order chi connectivity index (χ0) is 10.5. The number of hydrogen-bond acceptors (Lipinski definition) is 5. The minimum Gasteiger partial charge on any atom is -0.474 e. The van der Waals surface area contributed by atoms with Crippen LogP contribution in [0.3, 0.4) is 0 Å². The molecule has 1 aliphatic heterocycles. The Hall–Kier alpha value is -1.20. The van der Waals surface area contributed by atoms with Crippen LogP contribution in [-0.4, -0.2) is 29.3 Å². The monoisotopic (exact) mass is 209 g/mol. The first kappa shape index (κ1) is 10.3. The standard InChI is InChI=1S/C10H15N3O2/c11-4-8-5-12-6-10(13-8)15-7-9-2-1-3-14-9/h5-6,9H,1-4,7,11H2. The topological polar surface area (TPSA) is 70.3 Å². The fourth-order valence-corrected chi connectivity index (χ4v) is 1.51. The van der Waals surface area contributed by atoms with E-state index in [0.717, 1.165) is 25.1 Å². The van der Waals surface area contributed by atoms with Crippen molar-refractivity contribution in [1.29, 1.82) is 0 Å². The largest absolute Gasteiger partial charge is 0.474 e. The van der Waals surface area contributed by atoms with Crippen LogP contribution in [0.1, 0.15) is 18.5 Å². The Kier molecular flexibility index (Phi) is 3.47. The van der Waals surface area contributed by atoms with Crippen LogP contribution in [0.25, 0.3) is 0 Å². The summed E-state index contributed by atoms with van der Waals surface area (Å²) in [6, 6.07) is 0. The van der Waals surface area contributed by atoms with Gasteiger partial charge in [-0.05, 0) is 12.8 Å². The van der Waals surface area contributed by atoms with Gasteiger partial charge < -0.3 is 15.2 Å². The third kappa shape index (κ3) is 2.87. The average molecular weight is 209 g/mol. The van der Waals surface area contributed by atoms with Crippen LogP contribution >= 0.6 is 0 Å². The lowest BCUT2D eigenvalue weighted by molar-refractivity contribution is 0.0661. The van der Waals surface area contributed by atoms with Crippen molar-refractivity contribution in [1.82, 2.24) is 9.97 Å². The zero-order valence-electron chi connectivity index (χ0n) is 8.56. The highest BCUT2D eigenvalue weighted by molar-refractivity contribution is 5.08. The molecule has 1 aliphatic rings. The van der Waals surface area contributed by atoms with Gasteiger partial charge in [0, 0.05) is 19.3 Å². The molecule has 2 rings (SSSR count). The van der Waals surface area contributed by atoms with E-state index in [1.165, 1.54) is 0 Å². The summed E-state index contributed by atoms with van der Waals surface area (Å²) in [5.74, 6) is 0.522. The normalized spacial score (nSPS) is 20.5. The summed E-state index contributed by atoms with van der Waals surface area (Å²) >= 11 is 0. The highest BCUT2D eigenvalue weighted by Gasteiger charge is 2.16. The van der Waals surface area contributed by atoms with E-state index in [-0.39, 0.29) is 6.10 Å². The summed E-state index contributed by atoms with van der Waals surface area (Å²) < 4.78 is 10.9. The molecule has 2 N–H and O–H groups in total. The molecule has 0 bridgehead atoms. The molecule has 15 heavy (non-hydrogen) atoms. The number of ether oxygens (including phenoxy) is 2. The number of nitrogens with two attached hydrogens (primary N) is 1. The van der Waals surface area contributed by atoms with E-state index in [4.69, 9.17) is 15.2 Å². The van der Waals surface area contributed by atoms with Gasteiger partial charge >= 0.3 is 0 Å². The minimum absolute atomic E-state index is 0.202. The Morgan fingerprint density at radius 2 is 2.47 bits per heavy atom. The average Bonchev–Trinajstić information content (AvgIpc) is 2.79. The predicted molar refractivity (Wildman–Crippen MR) is 54.4 cm³/mol. The fraction of sp³-hybridized carbons (Fsp3) is 0.600. The van der Waals surface area contributed by atoms with E-state index in [1.807, 2.05) is 0 Å². The first-order valence-corrected chi connectivity index (χ1v) is 5.14. The highest BCUT2D eigenvalue weighted by atomic mass is 16.5. The Bertz CT molecular complexity index is 313. The van der Waals surface area contributed by atoms with E-state index in [0.29, 0.717) is 19.0 Å². The van der Waals surface area contributed by atoms with E-state index in [1.54, 1.807) is 12.4 Å². The van der Waals surface area contributed by atoms with Crippen molar-refractivity contribution < 1.29 is 9.47 Å². The molecule has 1 aromatic heterocycles. The van der Waals surface area contributed by atoms with Crippen LogP contribution in [-0.2, 0) is 11.3 Å². The van der Waals surface area contributed by atoms with Gasteiger partial charge in [-0.1, -0.05) is 0 Å². The number of hydrogen-bond donors (Lipinski definition) is 1. The lowest BCUT2D eigenvalue weighted by Gasteiger charge is -2.10. The van der Waals surface area contributed by atoms with Crippen molar-refractivity contribution in [2.24, 2.45) is 5.73 Å². The van der Waals surface area contributed by atoms with Gasteiger partial charge in [-0.15, -0.1) is 0 Å². The second-order valence-electron chi connectivity index (χ2n) is 3.50. The summed E-state index contributed by atoms with van der Waals surface area (Å²) in [6.45, 7) is 1.76.